The molecular weight excluding hydrogens is 282 g/mol. The molecule has 114 valence electrons. The molecule has 22 heavy (non-hydrogen) atoms. The summed E-state index contributed by atoms with van der Waals surface area (Å²) in [5, 5.41) is 10.8. The highest BCUT2D eigenvalue weighted by molar-refractivity contribution is 6.21. The van der Waals surface area contributed by atoms with Crippen molar-refractivity contribution in [3.8, 4) is 6.07 Å². The third-order valence-corrected chi connectivity index (χ3v) is 3.53. The van der Waals surface area contributed by atoms with E-state index in [1.54, 1.807) is 24.3 Å². The number of fused-ring (bicyclic) bond motifs is 1. The average Bonchev–Trinajstić information content (AvgIpc) is 2.77. The number of nitrogens with one attached hydrogen (secondary N) is 1. The van der Waals surface area contributed by atoms with Crippen LogP contribution in [-0.4, -0.2) is 35.7 Å². The second-order valence-electron chi connectivity index (χ2n) is 5.05. The monoisotopic (exact) mass is 299 g/mol. The van der Waals surface area contributed by atoms with Crippen molar-refractivity contribution in [1.29, 1.82) is 5.26 Å². The highest BCUT2D eigenvalue weighted by Crippen LogP contribution is 2.22. The van der Waals surface area contributed by atoms with Gasteiger partial charge >= 0.3 is 0 Å². The minimum atomic E-state index is -0.243. The van der Waals surface area contributed by atoms with E-state index < -0.39 is 0 Å². The highest BCUT2D eigenvalue weighted by atomic mass is 16.2. The molecule has 0 aromatic heterocycles. The first-order valence-corrected chi connectivity index (χ1v) is 7.24. The van der Waals surface area contributed by atoms with Gasteiger partial charge in [0.1, 0.15) is 6.54 Å². The number of hydrogen-bond donors (Lipinski definition) is 1. The lowest BCUT2D eigenvalue weighted by atomic mass is 10.1. The third kappa shape index (κ3) is 3.50. The third-order valence-electron chi connectivity index (χ3n) is 3.53. The van der Waals surface area contributed by atoms with Gasteiger partial charge in [0.15, 0.2) is 0 Å². The number of nitrogens with zero attached hydrogens (tertiary/aromatic N) is 2. The maximum absolute atomic E-state index is 12.1. The van der Waals surface area contributed by atoms with Crippen LogP contribution in [0.25, 0.3) is 0 Å². The Bertz CT molecular complexity index is 599. The van der Waals surface area contributed by atoms with Crippen LogP contribution in [0.15, 0.2) is 24.3 Å². The van der Waals surface area contributed by atoms with Crippen LogP contribution in [0.1, 0.15) is 46.4 Å². The fourth-order valence-corrected chi connectivity index (χ4v) is 2.40. The lowest BCUT2D eigenvalue weighted by molar-refractivity contribution is -0.120. The number of benzene rings is 1. The van der Waals surface area contributed by atoms with E-state index in [0.717, 1.165) is 6.42 Å². The number of unbranched alkanes of at least 4 members (excludes halogenated alkanes) is 2. The molecule has 1 N–H and O–H groups in total. The molecule has 6 heteroatoms. The predicted molar refractivity (Wildman–Crippen MR) is 78.9 cm³/mol. The number of nitriles is 1. The van der Waals surface area contributed by atoms with Gasteiger partial charge in [0.2, 0.25) is 5.91 Å². The smallest absolute Gasteiger partial charge is 0.261 e. The zero-order valence-corrected chi connectivity index (χ0v) is 12.2. The number of amides is 3. The molecule has 6 nitrogen and oxygen atoms in total. The van der Waals surface area contributed by atoms with Crippen molar-refractivity contribution >= 4 is 17.7 Å². The number of carbonyl (C=O) groups excluding carboxylic acids is 3. The molecule has 0 spiro atoms. The van der Waals surface area contributed by atoms with Crippen molar-refractivity contribution in [2.45, 2.75) is 25.7 Å². The Morgan fingerprint density at radius 2 is 1.73 bits per heavy atom. The van der Waals surface area contributed by atoms with Crippen LogP contribution >= 0.6 is 0 Å². The minimum Gasteiger partial charge on any atom is -0.343 e. The minimum absolute atomic E-state index is 0.0217. The number of hydrogen-bond acceptors (Lipinski definition) is 4. The topological polar surface area (TPSA) is 90.3 Å². The summed E-state index contributed by atoms with van der Waals surface area (Å²) >= 11 is 0. The standard InChI is InChI=1S/C16H17N3O3/c17-9-10-18-14(20)8-2-1-5-11-19-15(21)12-6-3-4-7-13(12)16(19)22/h3-4,6-7H,1-2,5,8,10-11H2,(H,18,20). The van der Waals surface area contributed by atoms with Crippen LogP contribution < -0.4 is 5.32 Å². The summed E-state index contributed by atoms with van der Waals surface area (Å²) in [6, 6.07) is 8.65. The van der Waals surface area contributed by atoms with Crippen molar-refractivity contribution in [2.75, 3.05) is 13.1 Å². The molecule has 1 aromatic rings. The summed E-state index contributed by atoms with van der Waals surface area (Å²) in [5.74, 6) is -0.637. The van der Waals surface area contributed by atoms with Gasteiger partial charge in [-0.3, -0.25) is 19.3 Å². The number of rotatable bonds is 7. The normalized spacial score (nSPS) is 13.0. The quantitative estimate of drug-likeness (QED) is 0.469. The first-order chi connectivity index (χ1) is 10.6. The van der Waals surface area contributed by atoms with E-state index in [2.05, 4.69) is 5.32 Å². The molecule has 0 unspecified atom stereocenters. The summed E-state index contributed by atoms with van der Waals surface area (Å²) in [7, 11) is 0. The summed E-state index contributed by atoms with van der Waals surface area (Å²) in [6.07, 6.45) is 2.43. The van der Waals surface area contributed by atoms with Crippen molar-refractivity contribution in [1.82, 2.24) is 10.2 Å². The fourth-order valence-electron chi connectivity index (χ4n) is 2.40. The maximum Gasteiger partial charge on any atom is 0.261 e. The number of imide groups is 1. The fraction of sp³-hybridized carbons (Fsp3) is 0.375. The van der Waals surface area contributed by atoms with Gasteiger partial charge in [-0.15, -0.1) is 0 Å². The molecule has 2 rings (SSSR count). The van der Waals surface area contributed by atoms with E-state index >= 15 is 0 Å². The van der Waals surface area contributed by atoms with E-state index in [4.69, 9.17) is 5.26 Å². The molecular formula is C16H17N3O3. The van der Waals surface area contributed by atoms with Crippen molar-refractivity contribution < 1.29 is 14.4 Å². The lowest BCUT2D eigenvalue weighted by Crippen LogP contribution is -2.30. The van der Waals surface area contributed by atoms with Crippen molar-refractivity contribution in [3.05, 3.63) is 35.4 Å². The van der Waals surface area contributed by atoms with Gasteiger partial charge in [-0.05, 0) is 25.0 Å². The molecule has 3 amide bonds. The van der Waals surface area contributed by atoms with Crippen LogP contribution in [0.4, 0.5) is 0 Å². The van der Waals surface area contributed by atoms with Crippen LogP contribution in [0.3, 0.4) is 0 Å². The Hall–Kier alpha value is -2.68. The Kier molecular flexibility index (Phi) is 5.26. The molecule has 0 saturated heterocycles. The molecule has 0 aliphatic carbocycles. The van der Waals surface area contributed by atoms with Crippen molar-refractivity contribution in [2.24, 2.45) is 0 Å². The first-order valence-electron chi connectivity index (χ1n) is 7.24. The molecule has 0 atom stereocenters. The largest absolute Gasteiger partial charge is 0.343 e. The van der Waals surface area contributed by atoms with E-state index in [1.165, 1.54) is 4.90 Å². The maximum atomic E-state index is 12.1. The zero-order chi connectivity index (χ0) is 15.9. The molecule has 1 heterocycles. The van der Waals surface area contributed by atoms with Crippen LogP contribution in [-0.2, 0) is 4.79 Å². The van der Waals surface area contributed by atoms with Gasteiger partial charge in [0.25, 0.3) is 11.8 Å². The summed E-state index contributed by atoms with van der Waals surface area (Å²) in [4.78, 5) is 36.8. The van der Waals surface area contributed by atoms with Crippen LogP contribution in [0, 0.1) is 11.3 Å². The Morgan fingerprint density at radius 3 is 2.32 bits per heavy atom. The second kappa shape index (κ2) is 7.36. The molecule has 1 aromatic carbocycles. The Morgan fingerprint density at radius 1 is 1.09 bits per heavy atom. The highest BCUT2D eigenvalue weighted by Gasteiger charge is 2.34. The van der Waals surface area contributed by atoms with Crippen LogP contribution in [0.2, 0.25) is 0 Å². The van der Waals surface area contributed by atoms with Crippen molar-refractivity contribution in [3.63, 3.8) is 0 Å². The number of carbonyl (C=O) groups is 3. The van der Waals surface area contributed by atoms with Gasteiger partial charge in [0, 0.05) is 13.0 Å². The summed E-state index contributed by atoms with van der Waals surface area (Å²) in [5.41, 5.74) is 0.923. The average molecular weight is 299 g/mol. The summed E-state index contributed by atoms with van der Waals surface area (Å²) < 4.78 is 0. The Labute approximate surface area is 128 Å². The first kappa shape index (κ1) is 15.7. The molecule has 0 radical (unpaired) electrons. The predicted octanol–water partition coefficient (Wildman–Crippen LogP) is 1.48. The van der Waals surface area contributed by atoms with Gasteiger partial charge < -0.3 is 5.32 Å². The van der Waals surface area contributed by atoms with Gasteiger partial charge in [-0.1, -0.05) is 18.6 Å². The lowest BCUT2D eigenvalue weighted by Gasteiger charge is -2.13. The second-order valence-corrected chi connectivity index (χ2v) is 5.05. The molecule has 1 aliphatic heterocycles. The molecule has 0 bridgehead atoms. The van der Waals surface area contributed by atoms with Crippen LogP contribution in [0.5, 0.6) is 0 Å². The van der Waals surface area contributed by atoms with Gasteiger partial charge in [-0.25, -0.2) is 0 Å². The van der Waals surface area contributed by atoms with E-state index in [-0.39, 0.29) is 24.3 Å². The van der Waals surface area contributed by atoms with E-state index in [1.807, 2.05) is 6.07 Å². The Balaban J connectivity index is 1.73. The summed E-state index contributed by atoms with van der Waals surface area (Å²) in [6.45, 7) is 0.389. The van der Waals surface area contributed by atoms with E-state index in [0.29, 0.717) is 36.9 Å². The molecule has 1 aliphatic rings. The molecule has 0 saturated carbocycles. The zero-order valence-electron chi connectivity index (χ0n) is 12.2. The SMILES string of the molecule is N#CCNC(=O)CCCCCN1C(=O)c2ccccc2C1=O. The van der Waals surface area contributed by atoms with E-state index in [9.17, 15) is 14.4 Å². The molecule has 0 fully saturated rings. The van der Waals surface area contributed by atoms with Gasteiger partial charge in [0.05, 0.1) is 17.2 Å². The van der Waals surface area contributed by atoms with Gasteiger partial charge in [-0.2, -0.15) is 5.26 Å².